The largest absolute Gasteiger partial charge is 0.489 e. The number of ether oxygens (including phenoxy) is 1. The Hall–Kier alpha value is -1.20. The molecule has 0 spiro atoms. The van der Waals surface area contributed by atoms with Gasteiger partial charge < -0.3 is 4.74 Å². The fraction of sp³-hybridized carbons (Fsp3) is 0.385. The van der Waals surface area contributed by atoms with Gasteiger partial charge in [-0.2, -0.15) is 0 Å². The summed E-state index contributed by atoms with van der Waals surface area (Å²) in [6.07, 6.45) is 4.22. The molecule has 0 amide bonds. The van der Waals surface area contributed by atoms with E-state index in [9.17, 15) is 0 Å². The molecule has 164 valence electrons. The Morgan fingerprint density at radius 1 is 1.19 bits per heavy atom. The summed E-state index contributed by atoms with van der Waals surface area (Å²) >= 11 is 10.7. The van der Waals surface area contributed by atoms with E-state index in [1.807, 2.05) is 29.2 Å². The lowest BCUT2D eigenvalue weighted by Gasteiger charge is -2.33. The summed E-state index contributed by atoms with van der Waals surface area (Å²) in [6.45, 7) is 20.5. The molecule has 31 heavy (non-hydrogen) atoms. The van der Waals surface area contributed by atoms with E-state index in [0.717, 1.165) is 10.8 Å². The van der Waals surface area contributed by atoms with Crippen molar-refractivity contribution in [3.63, 3.8) is 0 Å². The molecule has 1 unspecified atom stereocenters. The van der Waals surface area contributed by atoms with E-state index >= 15 is 0 Å². The molecule has 0 bridgehead atoms. The average Bonchev–Trinajstić information content (AvgIpc) is 3.28. The Bertz CT molecular complexity index is 1230. The fourth-order valence-corrected chi connectivity index (χ4v) is 12.3. The van der Waals surface area contributed by atoms with Crippen LogP contribution in [0.2, 0.25) is 18.1 Å². The molecule has 1 aliphatic heterocycles. The molecule has 1 aromatic heterocycles. The Morgan fingerprint density at radius 2 is 1.90 bits per heavy atom. The molecule has 1 atom stereocenters. The first-order chi connectivity index (χ1) is 14.4. The van der Waals surface area contributed by atoms with Gasteiger partial charge in [-0.15, -0.1) is 23.1 Å². The van der Waals surface area contributed by atoms with Crippen LogP contribution in [0.15, 0.2) is 41.8 Å². The van der Waals surface area contributed by atoms with Crippen molar-refractivity contribution in [2.45, 2.75) is 58.4 Å². The summed E-state index contributed by atoms with van der Waals surface area (Å²) in [5.74, 6) is 1.01. The zero-order chi connectivity index (χ0) is 22.7. The summed E-state index contributed by atoms with van der Waals surface area (Å²) in [5, 5.41) is 5.57. The normalized spacial score (nSPS) is 18.2. The Kier molecular flexibility index (Phi) is 5.92. The topological polar surface area (TPSA) is 9.23 Å². The van der Waals surface area contributed by atoms with Crippen LogP contribution in [0, 0.1) is 6.92 Å². The lowest BCUT2D eigenvalue weighted by atomic mass is 9.86. The van der Waals surface area contributed by atoms with Gasteiger partial charge in [-0.05, 0) is 69.6 Å². The maximum Gasteiger partial charge on any atom is 0.123 e. The highest BCUT2D eigenvalue weighted by Crippen LogP contribution is 2.46. The van der Waals surface area contributed by atoms with E-state index in [4.69, 9.17) is 16.3 Å². The molecule has 5 heteroatoms. The molecule has 2 heterocycles. The van der Waals surface area contributed by atoms with Gasteiger partial charge in [0.1, 0.15) is 20.4 Å². The number of hydrogen-bond donors (Lipinski definition) is 0. The number of rotatable bonds is 5. The fourth-order valence-electron chi connectivity index (χ4n) is 4.73. The van der Waals surface area contributed by atoms with Crippen molar-refractivity contribution in [1.82, 2.24) is 0 Å². The second-order valence-electron chi connectivity index (χ2n) is 10.0. The minimum Gasteiger partial charge on any atom is -0.489 e. The van der Waals surface area contributed by atoms with Gasteiger partial charge in [0, 0.05) is 20.0 Å². The van der Waals surface area contributed by atoms with Gasteiger partial charge in [-0.1, -0.05) is 58.1 Å². The first kappa shape index (κ1) is 23.0. The standard InChI is InChI=1S/C26H31ClOS2Si/c1-9-10-28-22-20(26(4,5)6)13-17(27)14-21(22)31(7,8)25-23-18(11-15(2)29-23)19-12-16(3)30-24(19)25/h9,11-14,23H,1,10H2,2-8H3. The van der Waals surface area contributed by atoms with Crippen LogP contribution in [-0.2, 0) is 5.41 Å². The second-order valence-corrected chi connectivity index (χ2v) is 17.4. The second kappa shape index (κ2) is 7.98. The molecule has 0 saturated carbocycles. The molecule has 0 radical (unpaired) electrons. The maximum atomic E-state index is 6.73. The molecule has 0 fully saturated rings. The first-order valence-electron chi connectivity index (χ1n) is 10.7. The Labute approximate surface area is 200 Å². The van der Waals surface area contributed by atoms with Crippen LogP contribution in [0.3, 0.4) is 0 Å². The highest BCUT2D eigenvalue weighted by Gasteiger charge is 2.43. The van der Waals surface area contributed by atoms with Crippen molar-refractivity contribution in [3.05, 3.63) is 67.0 Å². The number of thioether (sulfide) groups is 1. The highest BCUT2D eigenvalue weighted by molar-refractivity contribution is 8.05. The minimum absolute atomic E-state index is 0.0663. The zero-order valence-electron chi connectivity index (χ0n) is 19.5. The predicted octanol–water partition coefficient (Wildman–Crippen LogP) is 6.06. The summed E-state index contributed by atoms with van der Waals surface area (Å²) < 4.78 is 7.88. The molecular formula is C26H31ClOS2Si. The van der Waals surface area contributed by atoms with Gasteiger partial charge in [0.2, 0.25) is 0 Å². The lowest BCUT2D eigenvalue weighted by Crippen LogP contribution is -2.48. The van der Waals surface area contributed by atoms with Crippen molar-refractivity contribution in [3.8, 4) is 5.75 Å². The number of thiophene rings is 1. The first-order valence-corrected chi connectivity index (χ1v) is 15.8. The monoisotopic (exact) mass is 486 g/mol. The molecule has 1 aliphatic carbocycles. The molecular weight excluding hydrogens is 456 g/mol. The van der Waals surface area contributed by atoms with Crippen molar-refractivity contribution in [2.75, 3.05) is 6.61 Å². The molecule has 2 aliphatic rings. The van der Waals surface area contributed by atoms with Crippen molar-refractivity contribution >= 4 is 58.7 Å². The Morgan fingerprint density at radius 3 is 2.55 bits per heavy atom. The van der Waals surface area contributed by atoms with E-state index in [2.05, 4.69) is 78.6 Å². The highest BCUT2D eigenvalue weighted by atomic mass is 35.5. The third-order valence-electron chi connectivity index (χ3n) is 6.17. The van der Waals surface area contributed by atoms with Crippen molar-refractivity contribution < 1.29 is 4.74 Å². The molecule has 1 aromatic carbocycles. The predicted molar refractivity (Wildman–Crippen MR) is 143 cm³/mol. The molecule has 1 nitrogen and oxygen atoms in total. The summed E-state index contributed by atoms with van der Waals surface area (Å²) in [5.41, 5.74) is 2.60. The van der Waals surface area contributed by atoms with Crippen LogP contribution < -0.4 is 19.7 Å². The SMILES string of the molecule is C=CCOc1c(C(C)(C)C)cc(Cl)cc1[Si](C)(C)C1=c2sc(C)cc2=C2C=C(C)SC21. The molecule has 4 rings (SSSR count). The quantitative estimate of drug-likeness (QED) is 0.375. The summed E-state index contributed by atoms with van der Waals surface area (Å²) in [6, 6.07) is 6.64. The van der Waals surface area contributed by atoms with Crippen LogP contribution in [0.4, 0.5) is 0 Å². The third-order valence-corrected chi connectivity index (χ3v) is 12.7. The van der Waals surface area contributed by atoms with Gasteiger partial charge in [0.15, 0.2) is 0 Å². The number of fused-ring (bicyclic) bond motifs is 2. The number of benzene rings is 1. The molecule has 0 N–H and O–H groups in total. The van der Waals surface area contributed by atoms with E-state index < -0.39 is 8.07 Å². The van der Waals surface area contributed by atoms with E-state index in [0.29, 0.717) is 11.9 Å². The smallest absolute Gasteiger partial charge is 0.123 e. The van der Waals surface area contributed by atoms with E-state index in [1.165, 1.54) is 35.9 Å². The maximum absolute atomic E-state index is 6.73. The lowest BCUT2D eigenvalue weighted by molar-refractivity contribution is 0.354. The zero-order valence-corrected chi connectivity index (χ0v) is 22.9. The van der Waals surface area contributed by atoms with Gasteiger partial charge in [0.25, 0.3) is 0 Å². The van der Waals surface area contributed by atoms with Crippen LogP contribution in [-0.4, -0.2) is 19.9 Å². The van der Waals surface area contributed by atoms with Crippen LogP contribution in [0.25, 0.3) is 10.8 Å². The van der Waals surface area contributed by atoms with E-state index in [-0.39, 0.29) is 5.41 Å². The van der Waals surface area contributed by atoms with Gasteiger partial charge >= 0.3 is 0 Å². The number of hydrogen-bond acceptors (Lipinski definition) is 3. The van der Waals surface area contributed by atoms with Gasteiger partial charge in [-0.25, -0.2) is 0 Å². The van der Waals surface area contributed by atoms with Gasteiger partial charge in [-0.3, -0.25) is 0 Å². The van der Waals surface area contributed by atoms with Crippen molar-refractivity contribution in [1.29, 1.82) is 0 Å². The average molecular weight is 487 g/mol. The molecule has 0 saturated heterocycles. The number of aryl methyl sites for hydroxylation is 1. The molecule has 2 aromatic rings. The van der Waals surface area contributed by atoms with Gasteiger partial charge in [0.05, 0.1) is 5.25 Å². The van der Waals surface area contributed by atoms with Crippen molar-refractivity contribution in [2.24, 2.45) is 0 Å². The number of allylic oxidation sites excluding steroid dienone is 2. The number of halogens is 1. The summed E-state index contributed by atoms with van der Waals surface area (Å²) in [4.78, 5) is 2.78. The summed E-state index contributed by atoms with van der Waals surface area (Å²) in [7, 11) is -2.13. The minimum atomic E-state index is -2.13. The van der Waals surface area contributed by atoms with Crippen LogP contribution >= 0.6 is 34.7 Å². The third kappa shape index (κ3) is 3.90. The Balaban J connectivity index is 2.01. The van der Waals surface area contributed by atoms with E-state index in [1.54, 1.807) is 5.20 Å². The van der Waals surface area contributed by atoms with Crippen LogP contribution in [0.1, 0.15) is 38.1 Å². The van der Waals surface area contributed by atoms with Crippen LogP contribution in [0.5, 0.6) is 5.75 Å².